The summed E-state index contributed by atoms with van der Waals surface area (Å²) in [6, 6.07) is 0.0975. The van der Waals surface area contributed by atoms with Crippen molar-refractivity contribution >= 4 is 11.8 Å². The van der Waals surface area contributed by atoms with E-state index >= 15 is 0 Å². The number of amides is 2. The molecule has 0 spiro atoms. The summed E-state index contributed by atoms with van der Waals surface area (Å²) in [4.78, 5) is 22.3. The summed E-state index contributed by atoms with van der Waals surface area (Å²) in [5, 5.41) is 5.61. The maximum atomic E-state index is 11.3. The maximum absolute atomic E-state index is 11.3. The molecule has 1 saturated heterocycles. The highest BCUT2D eigenvalue weighted by Gasteiger charge is 2.33. The first-order chi connectivity index (χ1) is 7.19. The molecule has 0 bridgehead atoms. The highest BCUT2D eigenvalue weighted by atomic mass is 16.2. The largest absolute Gasteiger partial charge is 0.303 e. The second-order valence-corrected chi connectivity index (χ2v) is 4.62. The highest BCUT2D eigenvalue weighted by Crippen LogP contribution is 2.34. The van der Waals surface area contributed by atoms with E-state index in [4.69, 9.17) is 0 Å². The van der Waals surface area contributed by atoms with Gasteiger partial charge in [-0.05, 0) is 18.8 Å². The topological polar surface area (TPSA) is 58.2 Å². The van der Waals surface area contributed by atoms with Gasteiger partial charge < -0.3 is 5.32 Å². The molecule has 2 atom stereocenters. The summed E-state index contributed by atoms with van der Waals surface area (Å²) in [6.45, 7) is 2.12. The van der Waals surface area contributed by atoms with Crippen LogP contribution in [0.2, 0.25) is 0 Å². The lowest BCUT2D eigenvalue weighted by molar-refractivity contribution is -0.125. The van der Waals surface area contributed by atoms with E-state index in [0.717, 1.165) is 18.8 Å². The molecule has 1 heterocycles. The van der Waals surface area contributed by atoms with E-state index in [1.54, 1.807) is 0 Å². The third-order valence-electron chi connectivity index (χ3n) is 3.21. The van der Waals surface area contributed by atoms with Gasteiger partial charge in [-0.1, -0.05) is 19.8 Å². The van der Waals surface area contributed by atoms with Crippen LogP contribution >= 0.6 is 0 Å². The second-order valence-electron chi connectivity index (χ2n) is 4.62. The zero-order valence-corrected chi connectivity index (χ0v) is 9.08. The summed E-state index contributed by atoms with van der Waals surface area (Å²) < 4.78 is 0. The Morgan fingerprint density at radius 2 is 2.20 bits per heavy atom. The van der Waals surface area contributed by atoms with Gasteiger partial charge in [0.2, 0.25) is 11.8 Å². The standard InChI is InChI=1S/C11H18N2O2/c1-2-8(5-7-3-4-7)12-9-6-10(14)13-11(9)15/h7-9,12H,2-6H2,1H3,(H,13,14,15). The number of hydrogen-bond donors (Lipinski definition) is 2. The molecule has 84 valence electrons. The molecule has 2 N–H and O–H groups in total. The van der Waals surface area contributed by atoms with E-state index in [9.17, 15) is 9.59 Å². The highest BCUT2D eigenvalue weighted by molar-refractivity contribution is 6.05. The molecule has 4 nitrogen and oxygen atoms in total. The lowest BCUT2D eigenvalue weighted by Crippen LogP contribution is -2.42. The first-order valence-electron chi connectivity index (χ1n) is 5.78. The van der Waals surface area contributed by atoms with Crippen LogP contribution < -0.4 is 10.6 Å². The number of hydrogen-bond acceptors (Lipinski definition) is 3. The van der Waals surface area contributed by atoms with Crippen molar-refractivity contribution in [3.8, 4) is 0 Å². The molecule has 2 unspecified atom stereocenters. The lowest BCUT2D eigenvalue weighted by Gasteiger charge is -2.19. The number of carbonyl (C=O) groups is 2. The van der Waals surface area contributed by atoms with Crippen LogP contribution in [0.5, 0.6) is 0 Å². The monoisotopic (exact) mass is 210 g/mol. The van der Waals surface area contributed by atoms with E-state index in [2.05, 4.69) is 17.6 Å². The molecule has 0 aromatic heterocycles. The van der Waals surface area contributed by atoms with Gasteiger partial charge in [0.15, 0.2) is 0 Å². The zero-order chi connectivity index (χ0) is 10.8. The molecule has 2 rings (SSSR count). The van der Waals surface area contributed by atoms with Gasteiger partial charge in [0.25, 0.3) is 0 Å². The van der Waals surface area contributed by atoms with Crippen LogP contribution in [-0.2, 0) is 9.59 Å². The SMILES string of the molecule is CCC(CC1CC1)NC1CC(=O)NC1=O. The first kappa shape index (κ1) is 10.6. The van der Waals surface area contributed by atoms with E-state index in [-0.39, 0.29) is 17.9 Å². The van der Waals surface area contributed by atoms with Crippen molar-refractivity contribution in [1.82, 2.24) is 10.6 Å². The third-order valence-corrected chi connectivity index (χ3v) is 3.21. The van der Waals surface area contributed by atoms with Crippen LogP contribution in [0.15, 0.2) is 0 Å². The van der Waals surface area contributed by atoms with Gasteiger partial charge in [-0.2, -0.15) is 0 Å². The molecule has 15 heavy (non-hydrogen) atoms. The molecule has 2 amide bonds. The minimum atomic E-state index is -0.291. The van der Waals surface area contributed by atoms with E-state index in [0.29, 0.717) is 12.5 Å². The molecule has 1 aliphatic heterocycles. The summed E-state index contributed by atoms with van der Waals surface area (Å²) in [5.74, 6) is 0.538. The Morgan fingerprint density at radius 1 is 1.47 bits per heavy atom. The van der Waals surface area contributed by atoms with Crippen molar-refractivity contribution in [1.29, 1.82) is 0 Å². The fraction of sp³-hybridized carbons (Fsp3) is 0.818. The Labute approximate surface area is 89.8 Å². The van der Waals surface area contributed by atoms with Gasteiger partial charge in [-0.3, -0.25) is 14.9 Å². The summed E-state index contributed by atoms with van der Waals surface area (Å²) in [6.07, 6.45) is 5.13. The number of imide groups is 1. The Kier molecular flexibility index (Phi) is 3.05. The van der Waals surface area contributed by atoms with E-state index in [1.807, 2.05) is 0 Å². The predicted octanol–water partition coefficient (Wildman–Crippen LogP) is 0.570. The van der Waals surface area contributed by atoms with Crippen molar-refractivity contribution in [2.75, 3.05) is 0 Å². The molecule has 2 aliphatic rings. The molecular formula is C11H18N2O2. The van der Waals surface area contributed by atoms with Crippen molar-refractivity contribution in [3.05, 3.63) is 0 Å². The van der Waals surface area contributed by atoms with Gasteiger partial charge in [-0.15, -0.1) is 0 Å². The zero-order valence-electron chi connectivity index (χ0n) is 9.08. The average Bonchev–Trinajstić information content (AvgIpc) is 2.93. The van der Waals surface area contributed by atoms with Gasteiger partial charge >= 0.3 is 0 Å². The van der Waals surface area contributed by atoms with Crippen molar-refractivity contribution in [2.45, 2.75) is 51.1 Å². The molecule has 0 radical (unpaired) electrons. The second kappa shape index (κ2) is 4.31. The van der Waals surface area contributed by atoms with E-state index in [1.165, 1.54) is 12.8 Å². The van der Waals surface area contributed by atoms with Crippen molar-refractivity contribution in [2.24, 2.45) is 5.92 Å². The van der Waals surface area contributed by atoms with Gasteiger partial charge in [0.05, 0.1) is 12.5 Å². The van der Waals surface area contributed by atoms with Crippen molar-refractivity contribution in [3.63, 3.8) is 0 Å². The van der Waals surface area contributed by atoms with Crippen LogP contribution in [0.3, 0.4) is 0 Å². The number of rotatable bonds is 5. The molecule has 2 fully saturated rings. The van der Waals surface area contributed by atoms with Crippen molar-refractivity contribution < 1.29 is 9.59 Å². The Hall–Kier alpha value is -0.900. The number of carbonyl (C=O) groups excluding carboxylic acids is 2. The summed E-state index contributed by atoms with van der Waals surface area (Å²) >= 11 is 0. The molecular weight excluding hydrogens is 192 g/mol. The molecule has 0 aromatic carbocycles. The smallest absolute Gasteiger partial charge is 0.244 e. The first-order valence-corrected chi connectivity index (χ1v) is 5.78. The lowest BCUT2D eigenvalue weighted by atomic mass is 10.1. The quantitative estimate of drug-likeness (QED) is 0.652. The fourth-order valence-electron chi connectivity index (χ4n) is 2.08. The minimum Gasteiger partial charge on any atom is -0.303 e. The van der Waals surface area contributed by atoms with Crippen LogP contribution in [0.4, 0.5) is 0 Å². The summed E-state index contributed by atoms with van der Waals surface area (Å²) in [5.41, 5.74) is 0. The van der Waals surface area contributed by atoms with E-state index < -0.39 is 0 Å². The number of nitrogens with one attached hydrogen (secondary N) is 2. The Morgan fingerprint density at radius 3 is 2.67 bits per heavy atom. The molecule has 4 heteroatoms. The van der Waals surface area contributed by atoms with Gasteiger partial charge in [-0.25, -0.2) is 0 Å². The maximum Gasteiger partial charge on any atom is 0.244 e. The normalized spacial score (nSPS) is 27.9. The average molecular weight is 210 g/mol. The predicted molar refractivity (Wildman–Crippen MR) is 56.1 cm³/mol. The van der Waals surface area contributed by atoms with Gasteiger partial charge in [0, 0.05) is 6.04 Å². The van der Waals surface area contributed by atoms with Crippen LogP contribution in [-0.4, -0.2) is 23.9 Å². The van der Waals surface area contributed by atoms with Crippen LogP contribution in [0.25, 0.3) is 0 Å². The van der Waals surface area contributed by atoms with Crippen LogP contribution in [0.1, 0.15) is 39.0 Å². The van der Waals surface area contributed by atoms with Gasteiger partial charge in [0.1, 0.15) is 0 Å². The minimum absolute atomic E-state index is 0.154. The molecule has 0 aromatic rings. The summed E-state index contributed by atoms with van der Waals surface area (Å²) in [7, 11) is 0. The fourth-order valence-corrected chi connectivity index (χ4v) is 2.08. The Bertz CT molecular complexity index is 274. The Balaban J connectivity index is 1.82. The molecule has 1 saturated carbocycles. The molecule has 1 aliphatic carbocycles. The third kappa shape index (κ3) is 2.78. The van der Waals surface area contributed by atoms with Crippen LogP contribution in [0, 0.1) is 5.92 Å².